The third-order valence-corrected chi connectivity index (χ3v) is 6.98. The topological polar surface area (TPSA) is 115 Å². The first-order valence-corrected chi connectivity index (χ1v) is 11.4. The first-order valence-electron chi connectivity index (χ1n) is 11.0. The second-order valence-electron chi connectivity index (χ2n) is 9.08. The van der Waals surface area contributed by atoms with E-state index in [-0.39, 0.29) is 35.0 Å². The molecule has 1 saturated heterocycles. The number of alkyl halides is 1. The smallest absolute Gasteiger partial charge is 0.356 e. The van der Waals surface area contributed by atoms with Crippen LogP contribution in [0.25, 0.3) is 11.0 Å². The number of aryl methyl sites for hydroxylation is 1. The van der Waals surface area contributed by atoms with Crippen molar-refractivity contribution < 1.29 is 14.3 Å². The van der Waals surface area contributed by atoms with E-state index in [1.807, 2.05) is 30.9 Å². The average Bonchev–Trinajstić information content (AvgIpc) is 3.02. The SMILES string of the molecule is Cc1cc([C@@H](C)Nc2ccc(Cl)nc2C(=O)O)c2nc(N3CC4CC[C@]4(F)C3)c(C#N)nc2c1. The zero-order chi connectivity index (χ0) is 24.2. The van der Waals surface area contributed by atoms with Gasteiger partial charge in [0.05, 0.1) is 29.3 Å². The Hall–Kier alpha value is -3.51. The van der Waals surface area contributed by atoms with Crippen molar-refractivity contribution >= 4 is 40.1 Å². The van der Waals surface area contributed by atoms with Gasteiger partial charge in [0.25, 0.3) is 0 Å². The van der Waals surface area contributed by atoms with Crippen LogP contribution in [0, 0.1) is 24.2 Å². The van der Waals surface area contributed by atoms with Crippen molar-refractivity contribution in [3.63, 3.8) is 0 Å². The molecule has 1 aliphatic carbocycles. The summed E-state index contributed by atoms with van der Waals surface area (Å²) in [5.74, 6) is -0.851. The third-order valence-electron chi connectivity index (χ3n) is 6.77. The number of nitrogens with one attached hydrogen (secondary N) is 1. The van der Waals surface area contributed by atoms with Crippen LogP contribution in [0.1, 0.15) is 53.1 Å². The predicted octanol–water partition coefficient (Wildman–Crippen LogP) is 4.67. The standard InChI is InChI=1S/C24H22ClFN6O2/c1-12-7-15(13(2)28-16-3-4-19(25)30-21(16)23(33)34)20-17(8-12)29-18(9-27)22(31-20)32-10-14-5-6-24(14,26)11-32/h3-4,7-8,13-14,28H,5-6,10-11H2,1-2H3,(H,33,34)/t13-,14?,24+/m1/s1. The molecule has 5 rings (SSSR count). The van der Waals surface area contributed by atoms with Gasteiger partial charge < -0.3 is 15.3 Å². The van der Waals surface area contributed by atoms with Crippen LogP contribution in [0.15, 0.2) is 24.3 Å². The normalized spacial score (nSPS) is 22.1. The van der Waals surface area contributed by atoms with Crippen molar-refractivity contribution in [1.29, 1.82) is 5.26 Å². The van der Waals surface area contributed by atoms with E-state index in [4.69, 9.17) is 16.6 Å². The minimum Gasteiger partial charge on any atom is -0.476 e. The van der Waals surface area contributed by atoms with Gasteiger partial charge in [0.1, 0.15) is 16.9 Å². The Morgan fingerprint density at radius 3 is 2.79 bits per heavy atom. The Kier molecular flexibility index (Phi) is 5.29. The second kappa shape index (κ2) is 8.06. The Bertz CT molecular complexity index is 1380. The van der Waals surface area contributed by atoms with E-state index in [2.05, 4.69) is 21.4 Å². The van der Waals surface area contributed by atoms with E-state index in [0.29, 0.717) is 35.5 Å². The van der Waals surface area contributed by atoms with E-state index in [9.17, 15) is 19.6 Å². The third kappa shape index (κ3) is 3.68. The molecule has 10 heteroatoms. The molecule has 0 bridgehead atoms. The van der Waals surface area contributed by atoms with Crippen LogP contribution >= 0.6 is 11.6 Å². The van der Waals surface area contributed by atoms with Gasteiger partial charge in [-0.2, -0.15) is 5.26 Å². The summed E-state index contributed by atoms with van der Waals surface area (Å²) in [5.41, 5.74) is 1.90. The van der Waals surface area contributed by atoms with Crippen LogP contribution in [-0.4, -0.2) is 44.8 Å². The molecule has 1 aromatic carbocycles. The van der Waals surface area contributed by atoms with Gasteiger partial charge in [-0.15, -0.1) is 0 Å². The number of hydrogen-bond acceptors (Lipinski definition) is 7. The molecule has 1 unspecified atom stereocenters. The van der Waals surface area contributed by atoms with Crippen molar-refractivity contribution in [3.8, 4) is 6.07 Å². The summed E-state index contributed by atoms with van der Waals surface area (Å²) in [6.45, 7) is 4.51. The molecule has 1 saturated carbocycles. The van der Waals surface area contributed by atoms with Crippen LogP contribution in [-0.2, 0) is 0 Å². The van der Waals surface area contributed by atoms with Gasteiger partial charge in [-0.05, 0) is 50.5 Å². The maximum absolute atomic E-state index is 15.0. The quantitative estimate of drug-likeness (QED) is 0.506. The van der Waals surface area contributed by atoms with E-state index in [1.165, 1.54) is 6.07 Å². The van der Waals surface area contributed by atoms with Gasteiger partial charge >= 0.3 is 5.97 Å². The summed E-state index contributed by atoms with van der Waals surface area (Å²) in [6, 6.07) is 8.62. The van der Waals surface area contributed by atoms with Crippen LogP contribution in [0.3, 0.4) is 0 Å². The molecule has 8 nitrogen and oxygen atoms in total. The van der Waals surface area contributed by atoms with Gasteiger partial charge in [0.2, 0.25) is 0 Å². The molecule has 0 spiro atoms. The number of aromatic nitrogens is 3. The van der Waals surface area contributed by atoms with Crippen LogP contribution < -0.4 is 10.2 Å². The minimum absolute atomic E-state index is 0.0403. The molecule has 1 aliphatic heterocycles. The number of carboxylic acids is 1. The summed E-state index contributed by atoms with van der Waals surface area (Å²) >= 11 is 5.88. The van der Waals surface area contributed by atoms with Gasteiger partial charge in [-0.25, -0.2) is 24.1 Å². The highest BCUT2D eigenvalue weighted by atomic mass is 35.5. The summed E-state index contributed by atoms with van der Waals surface area (Å²) in [7, 11) is 0. The van der Waals surface area contributed by atoms with Crippen molar-refractivity contribution in [3.05, 3.63) is 51.9 Å². The number of rotatable bonds is 5. The molecule has 2 aliphatic rings. The zero-order valence-electron chi connectivity index (χ0n) is 18.6. The van der Waals surface area contributed by atoms with Gasteiger partial charge in [0, 0.05) is 18.0 Å². The lowest BCUT2D eigenvalue weighted by molar-refractivity contribution is 0.0307. The Balaban J connectivity index is 1.57. The molecule has 34 heavy (non-hydrogen) atoms. The van der Waals surface area contributed by atoms with Crippen molar-refractivity contribution in [2.75, 3.05) is 23.3 Å². The zero-order valence-corrected chi connectivity index (χ0v) is 19.4. The van der Waals surface area contributed by atoms with E-state index < -0.39 is 11.6 Å². The number of carboxylic acid groups (broad SMARTS) is 1. The molecule has 0 amide bonds. The number of aromatic carboxylic acids is 1. The lowest BCUT2D eigenvalue weighted by atomic mass is 9.74. The molecule has 0 radical (unpaired) electrons. The molecular formula is C24H22ClFN6O2. The number of nitrogens with zero attached hydrogens (tertiary/aromatic N) is 5. The lowest BCUT2D eigenvalue weighted by Crippen LogP contribution is -2.42. The van der Waals surface area contributed by atoms with Crippen LogP contribution in [0.2, 0.25) is 5.15 Å². The van der Waals surface area contributed by atoms with Crippen molar-refractivity contribution in [2.24, 2.45) is 5.92 Å². The number of nitriles is 1. The number of halogens is 2. The van der Waals surface area contributed by atoms with E-state index >= 15 is 0 Å². The number of fused-ring (bicyclic) bond motifs is 2. The lowest BCUT2D eigenvalue weighted by Gasteiger charge is -2.35. The fourth-order valence-corrected chi connectivity index (χ4v) is 5.06. The summed E-state index contributed by atoms with van der Waals surface area (Å²) in [5, 5.41) is 22.5. The van der Waals surface area contributed by atoms with Crippen LogP contribution in [0.4, 0.5) is 15.9 Å². The highest BCUT2D eigenvalue weighted by molar-refractivity contribution is 6.29. The molecule has 2 fully saturated rings. The Morgan fingerprint density at radius 1 is 1.38 bits per heavy atom. The van der Waals surface area contributed by atoms with E-state index in [0.717, 1.165) is 17.5 Å². The van der Waals surface area contributed by atoms with Crippen molar-refractivity contribution in [1.82, 2.24) is 15.0 Å². The number of pyridine rings is 1. The average molecular weight is 481 g/mol. The molecule has 3 aromatic rings. The van der Waals surface area contributed by atoms with Gasteiger partial charge in [-0.3, -0.25) is 0 Å². The second-order valence-corrected chi connectivity index (χ2v) is 9.47. The maximum atomic E-state index is 15.0. The fraction of sp³-hybridized carbons (Fsp3) is 0.375. The summed E-state index contributed by atoms with van der Waals surface area (Å²) in [4.78, 5) is 26.8. The van der Waals surface area contributed by atoms with E-state index in [1.54, 1.807) is 6.07 Å². The number of anilines is 2. The number of hydrogen-bond donors (Lipinski definition) is 2. The van der Waals surface area contributed by atoms with Crippen LogP contribution in [0.5, 0.6) is 0 Å². The monoisotopic (exact) mass is 480 g/mol. The fourth-order valence-electron chi connectivity index (χ4n) is 4.91. The molecule has 174 valence electrons. The van der Waals surface area contributed by atoms with Crippen molar-refractivity contribution in [2.45, 2.75) is 38.4 Å². The molecule has 3 atom stereocenters. The Morgan fingerprint density at radius 2 is 2.18 bits per heavy atom. The Labute approximate surface area is 200 Å². The molecule has 3 heterocycles. The largest absolute Gasteiger partial charge is 0.476 e. The number of carbonyl (C=O) groups is 1. The predicted molar refractivity (Wildman–Crippen MR) is 126 cm³/mol. The highest BCUT2D eigenvalue weighted by Crippen LogP contribution is 2.48. The van der Waals surface area contributed by atoms with Gasteiger partial charge in [0.15, 0.2) is 17.2 Å². The maximum Gasteiger partial charge on any atom is 0.356 e. The first-order chi connectivity index (χ1) is 16.2. The highest BCUT2D eigenvalue weighted by Gasteiger charge is 2.54. The number of benzene rings is 1. The summed E-state index contributed by atoms with van der Waals surface area (Å²) in [6.07, 6.45) is 1.37. The molecular weight excluding hydrogens is 459 g/mol. The molecule has 2 aromatic heterocycles. The summed E-state index contributed by atoms with van der Waals surface area (Å²) < 4.78 is 15.0. The minimum atomic E-state index is -1.22. The molecule has 2 N–H and O–H groups in total. The first kappa shape index (κ1) is 22.3. The van der Waals surface area contributed by atoms with Gasteiger partial charge in [-0.1, -0.05) is 17.7 Å².